The molecule has 1 aliphatic heterocycles. The normalized spacial score (nSPS) is 21.1. The number of primary amides is 1. The highest BCUT2D eigenvalue weighted by Gasteiger charge is 2.38. The summed E-state index contributed by atoms with van der Waals surface area (Å²) in [6.07, 6.45) is 3.46. The molecule has 2 fully saturated rings. The van der Waals surface area contributed by atoms with Gasteiger partial charge in [0.05, 0.1) is 5.92 Å². The molecule has 1 aromatic carbocycles. The maximum absolute atomic E-state index is 13.9. The average molecular weight is 319 g/mol. The lowest BCUT2D eigenvalue weighted by Crippen LogP contribution is -2.48. The molecule has 1 saturated carbocycles. The summed E-state index contributed by atoms with van der Waals surface area (Å²) in [6.45, 7) is 1.27. The van der Waals surface area contributed by atoms with Crippen molar-refractivity contribution in [2.75, 3.05) is 13.1 Å². The van der Waals surface area contributed by atoms with Crippen LogP contribution in [0.25, 0.3) is 0 Å². The van der Waals surface area contributed by atoms with E-state index < -0.39 is 6.03 Å². The van der Waals surface area contributed by atoms with Gasteiger partial charge in [0.15, 0.2) is 0 Å². The van der Waals surface area contributed by atoms with Crippen LogP contribution < -0.4 is 5.73 Å². The van der Waals surface area contributed by atoms with E-state index in [4.69, 9.17) is 5.73 Å². The minimum atomic E-state index is -0.477. The molecule has 0 bridgehead atoms. The number of piperidine rings is 1. The number of carbonyl (C=O) groups excluding carboxylic acids is 2. The molecule has 0 spiro atoms. The van der Waals surface area contributed by atoms with Crippen LogP contribution in [0.5, 0.6) is 0 Å². The van der Waals surface area contributed by atoms with Crippen molar-refractivity contribution in [3.8, 4) is 0 Å². The Kier molecular flexibility index (Phi) is 4.50. The van der Waals surface area contributed by atoms with Gasteiger partial charge >= 0.3 is 6.03 Å². The first-order chi connectivity index (χ1) is 11.1. The summed E-state index contributed by atoms with van der Waals surface area (Å²) in [5.41, 5.74) is 5.87. The Morgan fingerprint density at radius 3 is 2.65 bits per heavy atom. The van der Waals surface area contributed by atoms with Gasteiger partial charge in [-0.2, -0.15) is 0 Å². The molecule has 1 atom stereocenters. The highest BCUT2D eigenvalue weighted by Crippen LogP contribution is 2.31. The minimum Gasteiger partial charge on any atom is -0.351 e. The summed E-state index contributed by atoms with van der Waals surface area (Å²) in [4.78, 5) is 27.5. The van der Waals surface area contributed by atoms with E-state index in [2.05, 4.69) is 0 Å². The number of rotatable bonds is 4. The molecule has 1 saturated heterocycles. The third-order valence-electron chi connectivity index (χ3n) is 4.65. The minimum absolute atomic E-state index is 0.0155. The maximum atomic E-state index is 13.9. The molecule has 0 unspecified atom stereocenters. The second-order valence-electron chi connectivity index (χ2n) is 6.41. The monoisotopic (exact) mass is 319 g/mol. The Bertz CT molecular complexity index is 603. The molecule has 3 rings (SSSR count). The molecule has 2 aliphatic rings. The predicted octanol–water partition coefficient (Wildman–Crippen LogP) is 2.11. The fourth-order valence-electron chi connectivity index (χ4n) is 3.20. The lowest BCUT2D eigenvalue weighted by molar-refractivity contribution is -0.138. The van der Waals surface area contributed by atoms with Crippen LogP contribution in [0, 0.1) is 11.7 Å². The number of benzene rings is 1. The van der Waals surface area contributed by atoms with E-state index in [-0.39, 0.29) is 23.7 Å². The van der Waals surface area contributed by atoms with Gasteiger partial charge in [-0.25, -0.2) is 9.18 Å². The first-order valence-electron chi connectivity index (χ1n) is 8.14. The quantitative estimate of drug-likeness (QED) is 0.923. The zero-order valence-corrected chi connectivity index (χ0v) is 13.1. The van der Waals surface area contributed by atoms with E-state index in [0.29, 0.717) is 25.2 Å². The van der Waals surface area contributed by atoms with Gasteiger partial charge in [0.25, 0.3) is 0 Å². The topological polar surface area (TPSA) is 66.6 Å². The van der Waals surface area contributed by atoms with E-state index in [9.17, 15) is 14.0 Å². The molecular weight excluding hydrogens is 297 g/mol. The predicted molar refractivity (Wildman–Crippen MR) is 83.9 cm³/mol. The maximum Gasteiger partial charge on any atom is 0.314 e. The first-order valence-corrected chi connectivity index (χ1v) is 8.14. The second kappa shape index (κ2) is 6.56. The van der Waals surface area contributed by atoms with Crippen LogP contribution in [0.1, 0.15) is 31.2 Å². The molecule has 0 radical (unpaired) electrons. The molecule has 23 heavy (non-hydrogen) atoms. The molecule has 1 heterocycles. The van der Waals surface area contributed by atoms with Gasteiger partial charge in [0, 0.05) is 31.2 Å². The van der Waals surface area contributed by atoms with Crippen LogP contribution in [0.3, 0.4) is 0 Å². The summed E-state index contributed by atoms with van der Waals surface area (Å²) >= 11 is 0. The van der Waals surface area contributed by atoms with Crippen molar-refractivity contribution >= 4 is 11.9 Å². The number of carbonyl (C=O) groups is 2. The number of amides is 3. The van der Waals surface area contributed by atoms with Gasteiger partial charge in [-0.05, 0) is 31.7 Å². The first kappa shape index (κ1) is 15.8. The average Bonchev–Trinajstić information content (AvgIpc) is 3.38. The molecule has 124 valence electrons. The molecule has 2 N–H and O–H groups in total. The van der Waals surface area contributed by atoms with Crippen molar-refractivity contribution in [3.05, 3.63) is 35.6 Å². The number of nitrogens with zero attached hydrogens (tertiary/aromatic N) is 2. The van der Waals surface area contributed by atoms with Crippen LogP contribution in [-0.4, -0.2) is 40.9 Å². The number of likely N-dealkylation sites (tertiary alicyclic amines) is 1. The van der Waals surface area contributed by atoms with Crippen molar-refractivity contribution in [1.29, 1.82) is 0 Å². The van der Waals surface area contributed by atoms with E-state index in [1.165, 1.54) is 11.0 Å². The molecule has 1 aliphatic carbocycles. The summed E-state index contributed by atoms with van der Waals surface area (Å²) < 4.78 is 13.9. The number of urea groups is 1. The van der Waals surface area contributed by atoms with Crippen LogP contribution in [0.2, 0.25) is 0 Å². The lowest BCUT2D eigenvalue weighted by Gasteiger charge is -2.34. The Balaban J connectivity index is 1.72. The van der Waals surface area contributed by atoms with Gasteiger partial charge in [-0.1, -0.05) is 18.2 Å². The van der Waals surface area contributed by atoms with Gasteiger partial charge in [-0.15, -0.1) is 0 Å². The van der Waals surface area contributed by atoms with E-state index >= 15 is 0 Å². The third-order valence-corrected chi connectivity index (χ3v) is 4.65. The highest BCUT2D eigenvalue weighted by atomic mass is 19.1. The Morgan fingerprint density at radius 2 is 2.00 bits per heavy atom. The molecule has 6 heteroatoms. The smallest absolute Gasteiger partial charge is 0.314 e. The lowest BCUT2D eigenvalue weighted by atomic mass is 9.96. The van der Waals surface area contributed by atoms with Crippen LogP contribution in [0.4, 0.5) is 9.18 Å². The Hall–Kier alpha value is -2.11. The number of hydrogen-bond acceptors (Lipinski definition) is 2. The van der Waals surface area contributed by atoms with Crippen molar-refractivity contribution in [2.45, 2.75) is 38.3 Å². The second-order valence-corrected chi connectivity index (χ2v) is 6.41. The van der Waals surface area contributed by atoms with E-state index in [1.54, 1.807) is 23.1 Å². The van der Waals surface area contributed by atoms with Crippen molar-refractivity contribution < 1.29 is 14.0 Å². The third kappa shape index (κ3) is 3.63. The molecule has 1 aromatic rings. The summed E-state index contributed by atoms with van der Waals surface area (Å²) in [6, 6.07) is 6.28. The number of hydrogen-bond donors (Lipinski definition) is 1. The standard InChI is InChI=1S/C17H22FN3O2/c18-15-6-2-1-4-12(15)11-21(14-7-8-14)16(22)13-5-3-9-20(10-13)17(19)23/h1-2,4,6,13-14H,3,5,7-11H2,(H2,19,23)/t13-/m0/s1. The Morgan fingerprint density at radius 1 is 1.26 bits per heavy atom. The summed E-state index contributed by atoms with van der Waals surface area (Å²) in [5.74, 6) is -0.501. The largest absolute Gasteiger partial charge is 0.351 e. The van der Waals surface area contributed by atoms with Crippen molar-refractivity contribution in [1.82, 2.24) is 9.80 Å². The van der Waals surface area contributed by atoms with E-state index in [1.807, 2.05) is 0 Å². The van der Waals surface area contributed by atoms with Gasteiger partial charge in [0.1, 0.15) is 5.82 Å². The van der Waals surface area contributed by atoms with Gasteiger partial charge < -0.3 is 15.5 Å². The van der Waals surface area contributed by atoms with Gasteiger partial charge in [0.2, 0.25) is 5.91 Å². The summed E-state index contributed by atoms with van der Waals surface area (Å²) in [5, 5.41) is 0. The van der Waals surface area contributed by atoms with Crippen molar-refractivity contribution in [3.63, 3.8) is 0 Å². The fraction of sp³-hybridized carbons (Fsp3) is 0.529. The number of nitrogens with two attached hydrogens (primary N) is 1. The highest BCUT2D eigenvalue weighted by molar-refractivity contribution is 5.81. The molecule has 3 amide bonds. The SMILES string of the molecule is NC(=O)N1CCC[C@H](C(=O)N(Cc2ccccc2F)C2CC2)C1. The molecular formula is C17H22FN3O2. The molecule has 0 aromatic heterocycles. The van der Waals surface area contributed by atoms with Gasteiger partial charge in [-0.3, -0.25) is 4.79 Å². The molecule has 5 nitrogen and oxygen atoms in total. The zero-order valence-electron chi connectivity index (χ0n) is 13.1. The van der Waals surface area contributed by atoms with Crippen LogP contribution in [-0.2, 0) is 11.3 Å². The summed E-state index contributed by atoms with van der Waals surface area (Å²) in [7, 11) is 0. The zero-order chi connectivity index (χ0) is 16.4. The van der Waals surface area contributed by atoms with E-state index in [0.717, 1.165) is 25.7 Å². The van der Waals surface area contributed by atoms with Crippen molar-refractivity contribution in [2.24, 2.45) is 11.7 Å². The number of halogens is 1. The Labute approximate surface area is 135 Å². The van der Waals surface area contributed by atoms with Crippen LogP contribution in [0.15, 0.2) is 24.3 Å². The van der Waals surface area contributed by atoms with Crippen LogP contribution >= 0.6 is 0 Å². The fourth-order valence-corrected chi connectivity index (χ4v) is 3.20.